The molecule has 0 radical (unpaired) electrons. The van der Waals surface area contributed by atoms with Crippen LogP contribution in [0.15, 0.2) is 30.3 Å². The fraction of sp³-hybridized carbons (Fsp3) is 0.417. The first kappa shape index (κ1) is 13.7. The Morgan fingerprint density at radius 1 is 1.29 bits per heavy atom. The Labute approximate surface area is 97.4 Å². The molecule has 0 spiro atoms. The van der Waals surface area contributed by atoms with Crippen molar-refractivity contribution in [3.8, 4) is 0 Å². The van der Waals surface area contributed by atoms with Crippen molar-refractivity contribution in [2.24, 2.45) is 5.92 Å². The van der Waals surface area contributed by atoms with Crippen LogP contribution in [0.25, 0.3) is 0 Å². The standard InChI is InChI=1S/C12H13F3O2/c1-9(11(16)12(13,14)15)7-17-8-10-5-3-2-4-6-10/h2-6,9H,7-8H2,1H3/t9-/m0/s1. The van der Waals surface area contributed by atoms with E-state index in [1.807, 2.05) is 18.2 Å². The zero-order valence-corrected chi connectivity index (χ0v) is 9.33. The number of hydrogen-bond donors (Lipinski definition) is 0. The quantitative estimate of drug-likeness (QED) is 0.798. The first-order valence-electron chi connectivity index (χ1n) is 5.14. The number of carbonyl (C=O) groups excluding carboxylic acids is 1. The molecule has 5 heteroatoms. The molecule has 1 atom stereocenters. The van der Waals surface area contributed by atoms with Gasteiger partial charge in [0.25, 0.3) is 0 Å². The van der Waals surface area contributed by atoms with Crippen LogP contribution in [0.2, 0.25) is 0 Å². The highest BCUT2D eigenvalue weighted by atomic mass is 19.4. The largest absolute Gasteiger partial charge is 0.450 e. The smallest absolute Gasteiger partial charge is 0.376 e. The number of alkyl halides is 3. The summed E-state index contributed by atoms with van der Waals surface area (Å²) in [6.07, 6.45) is -4.78. The highest BCUT2D eigenvalue weighted by Crippen LogP contribution is 2.21. The molecule has 1 rings (SSSR count). The van der Waals surface area contributed by atoms with Crippen LogP contribution in [0.4, 0.5) is 13.2 Å². The zero-order chi connectivity index (χ0) is 12.9. The molecule has 0 N–H and O–H groups in total. The second-order valence-corrected chi connectivity index (χ2v) is 3.76. The van der Waals surface area contributed by atoms with Gasteiger partial charge in [-0.2, -0.15) is 13.2 Å². The van der Waals surface area contributed by atoms with Gasteiger partial charge < -0.3 is 4.74 Å². The molecule has 0 aliphatic carbocycles. The molecule has 0 aromatic heterocycles. The van der Waals surface area contributed by atoms with E-state index in [1.165, 1.54) is 6.92 Å². The van der Waals surface area contributed by atoms with Crippen molar-refractivity contribution >= 4 is 5.78 Å². The second kappa shape index (κ2) is 5.82. The molecular weight excluding hydrogens is 233 g/mol. The fourth-order valence-corrected chi connectivity index (χ4v) is 1.28. The number of benzene rings is 1. The molecule has 2 nitrogen and oxygen atoms in total. The first-order chi connectivity index (χ1) is 7.91. The average Bonchev–Trinajstić information content (AvgIpc) is 2.28. The lowest BCUT2D eigenvalue weighted by Gasteiger charge is -2.13. The van der Waals surface area contributed by atoms with Gasteiger partial charge in [0.15, 0.2) is 0 Å². The summed E-state index contributed by atoms with van der Waals surface area (Å²) in [5.74, 6) is -2.91. The molecule has 0 aliphatic rings. The lowest BCUT2D eigenvalue weighted by molar-refractivity contribution is -0.176. The van der Waals surface area contributed by atoms with Crippen LogP contribution in [0.1, 0.15) is 12.5 Å². The van der Waals surface area contributed by atoms with Gasteiger partial charge in [0, 0.05) is 5.92 Å². The van der Waals surface area contributed by atoms with Crippen molar-refractivity contribution in [2.45, 2.75) is 19.7 Å². The van der Waals surface area contributed by atoms with Crippen LogP contribution in [0.5, 0.6) is 0 Å². The van der Waals surface area contributed by atoms with Crippen LogP contribution < -0.4 is 0 Å². The van der Waals surface area contributed by atoms with E-state index in [2.05, 4.69) is 0 Å². The highest BCUT2D eigenvalue weighted by Gasteiger charge is 2.41. The van der Waals surface area contributed by atoms with Gasteiger partial charge in [-0.1, -0.05) is 37.3 Å². The maximum Gasteiger partial charge on any atom is 0.450 e. The predicted octanol–water partition coefficient (Wildman–Crippen LogP) is 2.97. The zero-order valence-electron chi connectivity index (χ0n) is 9.33. The van der Waals surface area contributed by atoms with E-state index in [0.29, 0.717) is 0 Å². The second-order valence-electron chi connectivity index (χ2n) is 3.76. The third-order valence-corrected chi connectivity index (χ3v) is 2.21. The van der Waals surface area contributed by atoms with Gasteiger partial charge >= 0.3 is 6.18 Å². The molecule has 0 saturated carbocycles. The van der Waals surface area contributed by atoms with E-state index < -0.39 is 17.9 Å². The highest BCUT2D eigenvalue weighted by molar-refractivity contribution is 5.86. The third-order valence-electron chi connectivity index (χ3n) is 2.21. The molecule has 0 saturated heterocycles. The monoisotopic (exact) mass is 246 g/mol. The maximum absolute atomic E-state index is 12.0. The summed E-state index contributed by atoms with van der Waals surface area (Å²) in [5, 5.41) is 0. The Bertz CT molecular complexity index is 360. The Kier molecular flexibility index (Phi) is 4.69. The van der Waals surface area contributed by atoms with Gasteiger partial charge in [-0.3, -0.25) is 4.79 Å². The first-order valence-corrected chi connectivity index (χ1v) is 5.14. The molecule has 94 valence electrons. The van der Waals surface area contributed by atoms with Crippen molar-refractivity contribution in [1.82, 2.24) is 0 Å². The molecule has 17 heavy (non-hydrogen) atoms. The Hall–Kier alpha value is -1.36. The third kappa shape index (κ3) is 4.56. The summed E-state index contributed by atoms with van der Waals surface area (Å²) >= 11 is 0. The molecule has 0 heterocycles. The molecular formula is C12H13F3O2. The van der Waals surface area contributed by atoms with Crippen molar-refractivity contribution < 1.29 is 22.7 Å². The van der Waals surface area contributed by atoms with Crippen molar-refractivity contribution in [3.63, 3.8) is 0 Å². The van der Waals surface area contributed by atoms with Gasteiger partial charge in [-0.05, 0) is 5.56 Å². The number of rotatable bonds is 5. The number of ketones is 1. The van der Waals surface area contributed by atoms with Gasteiger partial charge in [-0.15, -0.1) is 0 Å². The lowest BCUT2D eigenvalue weighted by Crippen LogP contribution is -2.31. The summed E-state index contributed by atoms with van der Waals surface area (Å²) in [6.45, 7) is 1.18. The van der Waals surface area contributed by atoms with Gasteiger partial charge in [0.1, 0.15) is 0 Å². The number of Topliss-reactive ketones (excluding diaryl/α,β-unsaturated/α-hetero) is 1. The predicted molar refractivity (Wildman–Crippen MR) is 56.3 cm³/mol. The normalized spacial score (nSPS) is 13.4. The van der Waals surface area contributed by atoms with Crippen molar-refractivity contribution in [2.75, 3.05) is 6.61 Å². The van der Waals surface area contributed by atoms with Crippen LogP contribution >= 0.6 is 0 Å². The summed E-state index contributed by atoms with van der Waals surface area (Å²) < 4.78 is 41.2. The van der Waals surface area contributed by atoms with Crippen molar-refractivity contribution in [1.29, 1.82) is 0 Å². The van der Waals surface area contributed by atoms with Crippen LogP contribution in [0.3, 0.4) is 0 Å². The topological polar surface area (TPSA) is 26.3 Å². The Morgan fingerprint density at radius 2 is 1.88 bits per heavy atom. The number of halogens is 3. The minimum absolute atomic E-state index is 0.205. The molecule has 0 aliphatic heterocycles. The van der Waals surface area contributed by atoms with Gasteiger partial charge in [-0.25, -0.2) is 0 Å². The molecule has 0 bridgehead atoms. The summed E-state index contributed by atoms with van der Waals surface area (Å²) in [6, 6.07) is 9.05. The number of hydrogen-bond acceptors (Lipinski definition) is 2. The number of carbonyl (C=O) groups is 1. The van der Waals surface area contributed by atoms with Crippen LogP contribution in [0, 0.1) is 5.92 Å². The Morgan fingerprint density at radius 3 is 2.41 bits per heavy atom. The lowest BCUT2D eigenvalue weighted by atomic mass is 10.1. The average molecular weight is 246 g/mol. The summed E-state index contributed by atoms with van der Waals surface area (Å²) in [7, 11) is 0. The maximum atomic E-state index is 12.0. The van der Waals surface area contributed by atoms with Crippen LogP contribution in [-0.2, 0) is 16.1 Å². The summed E-state index contributed by atoms with van der Waals surface area (Å²) in [4.78, 5) is 10.8. The van der Waals surface area contributed by atoms with E-state index in [9.17, 15) is 18.0 Å². The molecule has 0 unspecified atom stereocenters. The fourth-order valence-electron chi connectivity index (χ4n) is 1.28. The van der Waals surface area contributed by atoms with E-state index >= 15 is 0 Å². The molecule has 0 fully saturated rings. The SMILES string of the molecule is C[C@@H](COCc1ccccc1)C(=O)C(F)(F)F. The Balaban J connectivity index is 2.35. The van der Waals surface area contributed by atoms with Crippen molar-refractivity contribution in [3.05, 3.63) is 35.9 Å². The molecule has 1 aromatic carbocycles. The number of ether oxygens (including phenoxy) is 1. The minimum atomic E-state index is -4.78. The van der Waals surface area contributed by atoms with E-state index in [0.717, 1.165) is 5.56 Å². The van der Waals surface area contributed by atoms with Gasteiger partial charge in [0.2, 0.25) is 5.78 Å². The van der Waals surface area contributed by atoms with Gasteiger partial charge in [0.05, 0.1) is 13.2 Å². The minimum Gasteiger partial charge on any atom is -0.376 e. The van der Waals surface area contributed by atoms with E-state index in [-0.39, 0.29) is 13.2 Å². The van der Waals surface area contributed by atoms with E-state index in [4.69, 9.17) is 4.74 Å². The molecule has 1 aromatic rings. The summed E-state index contributed by atoms with van der Waals surface area (Å²) in [5.41, 5.74) is 0.860. The molecule has 0 amide bonds. The van der Waals surface area contributed by atoms with Crippen LogP contribution in [-0.4, -0.2) is 18.6 Å². The van der Waals surface area contributed by atoms with E-state index in [1.54, 1.807) is 12.1 Å².